The van der Waals surface area contributed by atoms with Gasteiger partial charge in [-0.2, -0.15) is 0 Å². The molecule has 0 radical (unpaired) electrons. The van der Waals surface area contributed by atoms with Crippen molar-refractivity contribution in [3.05, 3.63) is 11.8 Å². The first-order valence-electron chi connectivity index (χ1n) is 6.70. The summed E-state index contributed by atoms with van der Waals surface area (Å²) in [5, 5.41) is 0. The van der Waals surface area contributed by atoms with Gasteiger partial charge in [-0.3, -0.25) is 9.69 Å². The molecule has 1 aliphatic carbocycles. The van der Waals surface area contributed by atoms with Gasteiger partial charge in [-0.25, -0.2) is 0 Å². The van der Waals surface area contributed by atoms with Gasteiger partial charge in [-0.15, -0.1) is 0 Å². The number of piperazine rings is 1. The Morgan fingerprint density at radius 2 is 1.71 bits per heavy atom. The van der Waals surface area contributed by atoms with Crippen LogP contribution in [0.25, 0.3) is 0 Å². The molecule has 0 N–H and O–H groups in total. The maximum absolute atomic E-state index is 11.4. The first-order valence-corrected chi connectivity index (χ1v) is 6.70. The molecule has 3 heteroatoms. The van der Waals surface area contributed by atoms with Crippen LogP contribution in [0, 0.1) is 0 Å². The third kappa shape index (κ3) is 3.09. The van der Waals surface area contributed by atoms with E-state index in [1.165, 1.54) is 5.70 Å². The molecule has 2 rings (SSSR count). The summed E-state index contributed by atoms with van der Waals surface area (Å²) in [5.41, 5.74) is 1.54. The Bertz CT molecular complexity index is 320. The lowest BCUT2D eigenvalue weighted by molar-refractivity contribution is -0.115. The van der Waals surface area contributed by atoms with Crippen LogP contribution < -0.4 is 0 Å². The Labute approximate surface area is 104 Å². The molecule has 3 nitrogen and oxygen atoms in total. The lowest BCUT2D eigenvalue weighted by Crippen LogP contribution is -2.53. The maximum atomic E-state index is 11.4. The van der Waals surface area contributed by atoms with Crippen molar-refractivity contribution in [1.29, 1.82) is 0 Å². The fourth-order valence-corrected chi connectivity index (χ4v) is 2.69. The van der Waals surface area contributed by atoms with Gasteiger partial charge in [0.05, 0.1) is 0 Å². The van der Waals surface area contributed by atoms with Crippen LogP contribution in [0.5, 0.6) is 0 Å². The van der Waals surface area contributed by atoms with Crippen LogP contribution in [0.4, 0.5) is 0 Å². The fourth-order valence-electron chi connectivity index (χ4n) is 2.69. The van der Waals surface area contributed by atoms with Gasteiger partial charge in [-0.05, 0) is 33.6 Å². The smallest absolute Gasteiger partial charge is 0.157 e. The van der Waals surface area contributed by atoms with Crippen molar-refractivity contribution in [2.45, 2.75) is 45.6 Å². The molecule has 0 aromatic rings. The van der Waals surface area contributed by atoms with E-state index in [0.29, 0.717) is 5.78 Å². The van der Waals surface area contributed by atoms with E-state index in [4.69, 9.17) is 0 Å². The van der Waals surface area contributed by atoms with Crippen LogP contribution in [-0.2, 0) is 4.79 Å². The number of carbonyl (C=O) groups is 1. The summed E-state index contributed by atoms with van der Waals surface area (Å²) < 4.78 is 0. The quantitative estimate of drug-likeness (QED) is 0.696. The summed E-state index contributed by atoms with van der Waals surface area (Å²) in [6.45, 7) is 11.2. The van der Waals surface area contributed by atoms with Crippen molar-refractivity contribution in [1.82, 2.24) is 9.80 Å². The van der Waals surface area contributed by atoms with Crippen LogP contribution in [0.3, 0.4) is 0 Å². The van der Waals surface area contributed by atoms with E-state index in [0.717, 1.165) is 45.4 Å². The molecule has 0 amide bonds. The van der Waals surface area contributed by atoms with Gasteiger partial charge in [0.25, 0.3) is 0 Å². The Morgan fingerprint density at radius 1 is 1.06 bits per heavy atom. The average molecular weight is 236 g/mol. The molecule has 0 saturated carbocycles. The summed E-state index contributed by atoms with van der Waals surface area (Å²) in [5.74, 6) is 0.310. The van der Waals surface area contributed by atoms with E-state index in [-0.39, 0.29) is 5.54 Å². The highest BCUT2D eigenvalue weighted by Crippen LogP contribution is 2.22. The Hall–Kier alpha value is -0.830. The Kier molecular flexibility index (Phi) is 3.57. The van der Waals surface area contributed by atoms with E-state index in [1.54, 1.807) is 0 Å². The Balaban J connectivity index is 1.93. The van der Waals surface area contributed by atoms with Gasteiger partial charge in [-0.1, -0.05) is 0 Å². The van der Waals surface area contributed by atoms with Gasteiger partial charge in [0.15, 0.2) is 5.78 Å². The SMILES string of the molecule is CC(C)(C)N1CCN(C2=CC(=O)CCC2)CC1. The number of carbonyl (C=O) groups excluding carboxylic acids is 1. The maximum Gasteiger partial charge on any atom is 0.157 e. The van der Waals surface area contributed by atoms with E-state index in [2.05, 4.69) is 30.6 Å². The van der Waals surface area contributed by atoms with Gasteiger partial charge in [0.1, 0.15) is 0 Å². The second kappa shape index (κ2) is 4.81. The summed E-state index contributed by atoms with van der Waals surface area (Å²) in [6.07, 6.45) is 4.73. The van der Waals surface area contributed by atoms with E-state index >= 15 is 0 Å². The summed E-state index contributed by atoms with van der Waals surface area (Å²) in [4.78, 5) is 16.4. The number of rotatable bonds is 1. The molecule has 2 aliphatic rings. The molecule has 0 aromatic carbocycles. The van der Waals surface area contributed by atoms with Crippen LogP contribution in [0.2, 0.25) is 0 Å². The predicted octanol–water partition coefficient (Wildman–Crippen LogP) is 2.04. The zero-order valence-corrected chi connectivity index (χ0v) is 11.3. The van der Waals surface area contributed by atoms with Crippen molar-refractivity contribution >= 4 is 5.78 Å². The van der Waals surface area contributed by atoms with Crippen molar-refractivity contribution < 1.29 is 4.79 Å². The molecule has 0 spiro atoms. The highest BCUT2D eigenvalue weighted by atomic mass is 16.1. The second-order valence-corrected chi connectivity index (χ2v) is 6.10. The van der Waals surface area contributed by atoms with Crippen LogP contribution in [-0.4, -0.2) is 47.3 Å². The second-order valence-electron chi connectivity index (χ2n) is 6.10. The molecular formula is C14H24N2O. The number of hydrogen-bond donors (Lipinski definition) is 0. The first-order chi connectivity index (χ1) is 7.97. The number of hydrogen-bond acceptors (Lipinski definition) is 3. The molecule has 17 heavy (non-hydrogen) atoms. The van der Waals surface area contributed by atoms with Crippen LogP contribution in [0.15, 0.2) is 11.8 Å². The van der Waals surface area contributed by atoms with Crippen molar-refractivity contribution in [3.8, 4) is 0 Å². The van der Waals surface area contributed by atoms with Crippen molar-refractivity contribution in [2.75, 3.05) is 26.2 Å². The highest BCUT2D eigenvalue weighted by molar-refractivity contribution is 5.91. The largest absolute Gasteiger partial charge is 0.372 e. The zero-order valence-electron chi connectivity index (χ0n) is 11.3. The molecule has 1 aliphatic heterocycles. The molecule has 0 bridgehead atoms. The lowest BCUT2D eigenvalue weighted by Gasteiger charge is -2.44. The monoisotopic (exact) mass is 236 g/mol. The third-order valence-corrected chi connectivity index (χ3v) is 3.82. The molecule has 0 aromatic heterocycles. The topological polar surface area (TPSA) is 23.6 Å². The van der Waals surface area contributed by atoms with Gasteiger partial charge in [0, 0.05) is 49.9 Å². The molecule has 0 atom stereocenters. The van der Waals surface area contributed by atoms with E-state index in [1.807, 2.05) is 6.08 Å². The molecule has 1 saturated heterocycles. The van der Waals surface area contributed by atoms with Crippen molar-refractivity contribution in [3.63, 3.8) is 0 Å². The average Bonchev–Trinajstić information content (AvgIpc) is 2.28. The Morgan fingerprint density at radius 3 is 2.24 bits per heavy atom. The zero-order chi connectivity index (χ0) is 12.5. The fraction of sp³-hybridized carbons (Fsp3) is 0.786. The summed E-state index contributed by atoms with van der Waals surface area (Å²) in [7, 11) is 0. The molecule has 1 heterocycles. The third-order valence-electron chi connectivity index (χ3n) is 3.82. The number of ketones is 1. The number of nitrogens with zero attached hydrogens (tertiary/aromatic N) is 2. The summed E-state index contributed by atoms with van der Waals surface area (Å²) in [6, 6.07) is 0. The highest BCUT2D eigenvalue weighted by Gasteiger charge is 2.27. The minimum atomic E-state index is 0.267. The predicted molar refractivity (Wildman–Crippen MR) is 69.8 cm³/mol. The van der Waals surface area contributed by atoms with E-state index < -0.39 is 0 Å². The molecule has 1 fully saturated rings. The molecule has 96 valence electrons. The lowest BCUT2D eigenvalue weighted by atomic mass is 10.0. The normalized spacial score (nSPS) is 23.8. The van der Waals surface area contributed by atoms with Gasteiger partial charge >= 0.3 is 0 Å². The van der Waals surface area contributed by atoms with Gasteiger partial charge < -0.3 is 4.90 Å². The van der Waals surface area contributed by atoms with E-state index in [9.17, 15) is 4.79 Å². The molecule has 0 unspecified atom stereocenters. The van der Waals surface area contributed by atoms with Crippen LogP contribution >= 0.6 is 0 Å². The number of allylic oxidation sites excluding steroid dienone is 2. The summed E-state index contributed by atoms with van der Waals surface area (Å²) >= 11 is 0. The minimum absolute atomic E-state index is 0.267. The van der Waals surface area contributed by atoms with Crippen LogP contribution in [0.1, 0.15) is 40.0 Å². The minimum Gasteiger partial charge on any atom is -0.372 e. The first kappa shape index (κ1) is 12.6. The standard InChI is InChI=1S/C14H24N2O/c1-14(2,3)16-9-7-15(8-10-16)12-5-4-6-13(17)11-12/h11H,4-10H2,1-3H3. The molecular weight excluding hydrogens is 212 g/mol. The van der Waals surface area contributed by atoms with Gasteiger partial charge in [0.2, 0.25) is 0 Å². The van der Waals surface area contributed by atoms with Crippen molar-refractivity contribution in [2.24, 2.45) is 0 Å².